The minimum atomic E-state index is 0.0169. The molecular formula is C15H25N3O. The van der Waals surface area contributed by atoms with E-state index in [-0.39, 0.29) is 11.4 Å². The lowest BCUT2D eigenvalue weighted by molar-refractivity contribution is -0.135. The molecule has 1 saturated carbocycles. The van der Waals surface area contributed by atoms with Crippen molar-refractivity contribution < 1.29 is 4.79 Å². The molecule has 0 N–H and O–H groups in total. The lowest BCUT2D eigenvalue weighted by atomic mass is 9.81. The Kier molecular flexibility index (Phi) is 3.16. The van der Waals surface area contributed by atoms with Crippen molar-refractivity contribution in [2.75, 3.05) is 19.6 Å². The highest BCUT2D eigenvalue weighted by atomic mass is 16.2. The molecule has 3 rings (SSSR count). The van der Waals surface area contributed by atoms with Gasteiger partial charge in [-0.25, -0.2) is 5.01 Å². The normalized spacial score (nSPS) is 38.1. The summed E-state index contributed by atoms with van der Waals surface area (Å²) in [6, 6.07) is 0. The maximum atomic E-state index is 12.0. The SMILES string of the molecule is CCCN1C[C@@H]2CC[C@]3(CC(C)=NN3C(C)=O)[C@@H]2C1. The number of hydrogen-bond donors (Lipinski definition) is 0. The summed E-state index contributed by atoms with van der Waals surface area (Å²) in [5.74, 6) is 1.52. The molecule has 2 aliphatic heterocycles. The van der Waals surface area contributed by atoms with Gasteiger partial charge in [0.05, 0.1) is 5.54 Å². The van der Waals surface area contributed by atoms with Crippen LogP contribution in [0.25, 0.3) is 0 Å². The van der Waals surface area contributed by atoms with Gasteiger partial charge in [0, 0.05) is 38.1 Å². The zero-order valence-corrected chi connectivity index (χ0v) is 12.4. The van der Waals surface area contributed by atoms with E-state index in [9.17, 15) is 4.79 Å². The van der Waals surface area contributed by atoms with E-state index in [0.717, 1.165) is 31.0 Å². The van der Waals surface area contributed by atoms with E-state index < -0.39 is 0 Å². The van der Waals surface area contributed by atoms with E-state index in [1.165, 1.54) is 25.9 Å². The van der Waals surface area contributed by atoms with Crippen molar-refractivity contribution >= 4 is 11.6 Å². The van der Waals surface area contributed by atoms with Crippen LogP contribution in [0.5, 0.6) is 0 Å². The lowest BCUT2D eigenvalue weighted by Gasteiger charge is -2.37. The second kappa shape index (κ2) is 4.58. The topological polar surface area (TPSA) is 35.9 Å². The predicted octanol–water partition coefficient (Wildman–Crippen LogP) is 2.11. The number of likely N-dealkylation sites (tertiary alicyclic amines) is 1. The Balaban J connectivity index is 1.84. The van der Waals surface area contributed by atoms with Gasteiger partial charge in [-0.2, -0.15) is 5.10 Å². The fourth-order valence-electron chi connectivity index (χ4n) is 4.67. The molecule has 1 saturated heterocycles. The van der Waals surface area contributed by atoms with Crippen LogP contribution in [0.4, 0.5) is 0 Å². The molecule has 0 aromatic rings. The van der Waals surface area contributed by atoms with Crippen molar-refractivity contribution in [3.8, 4) is 0 Å². The zero-order valence-electron chi connectivity index (χ0n) is 12.4. The van der Waals surface area contributed by atoms with Crippen molar-refractivity contribution in [2.45, 2.75) is 52.0 Å². The summed E-state index contributed by atoms with van der Waals surface area (Å²) in [5, 5.41) is 6.37. The van der Waals surface area contributed by atoms with Gasteiger partial charge in [0.25, 0.3) is 0 Å². The average Bonchev–Trinajstić information content (AvgIpc) is 2.97. The summed E-state index contributed by atoms with van der Waals surface area (Å²) in [7, 11) is 0. The first-order valence-electron chi connectivity index (χ1n) is 7.64. The first kappa shape index (κ1) is 13.1. The summed E-state index contributed by atoms with van der Waals surface area (Å²) < 4.78 is 0. The Morgan fingerprint density at radius 2 is 2.26 bits per heavy atom. The van der Waals surface area contributed by atoms with E-state index in [1.54, 1.807) is 6.92 Å². The van der Waals surface area contributed by atoms with Crippen LogP contribution in [0.2, 0.25) is 0 Å². The van der Waals surface area contributed by atoms with Crippen molar-refractivity contribution in [2.24, 2.45) is 16.9 Å². The van der Waals surface area contributed by atoms with E-state index in [1.807, 2.05) is 5.01 Å². The fraction of sp³-hybridized carbons (Fsp3) is 0.867. The molecular weight excluding hydrogens is 238 g/mol. The molecule has 0 unspecified atom stereocenters. The van der Waals surface area contributed by atoms with Crippen LogP contribution in [0, 0.1) is 11.8 Å². The maximum Gasteiger partial charge on any atom is 0.240 e. The van der Waals surface area contributed by atoms with E-state index >= 15 is 0 Å². The number of hydrazone groups is 1. The van der Waals surface area contributed by atoms with E-state index in [2.05, 4.69) is 23.8 Å². The summed E-state index contributed by atoms with van der Waals surface area (Å²) in [6.07, 6.45) is 4.62. The smallest absolute Gasteiger partial charge is 0.240 e. The third-order valence-corrected chi connectivity index (χ3v) is 5.25. The van der Waals surface area contributed by atoms with Crippen molar-refractivity contribution in [3.05, 3.63) is 0 Å². The van der Waals surface area contributed by atoms with Crippen LogP contribution in [-0.2, 0) is 4.79 Å². The van der Waals surface area contributed by atoms with E-state index in [0.29, 0.717) is 5.92 Å². The quantitative estimate of drug-likeness (QED) is 0.765. The van der Waals surface area contributed by atoms with Gasteiger partial charge in [-0.05, 0) is 38.6 Å². The van der Waals surface area contributed by atoms with Crippen LogP contribution in [0.15, 0.2) is 5.10 Å². The third-order valence-electron chi connectivity index (χ3n) is 5.25. The lowest BCUT2D eigenvalue weighted by Crippen LogP contribution is -2.50. The van der Waals surface area contributed by atoms with Gasteiger partial charge in [-0.3, -0.25) is 4.79 Å². The number of nitrogens with zero attached hydrogens (tertiary/aromatic N) is 3. The highest BCUT2D eigenvalue weighted by Gasteiger charge is 2.58. The van der Waals surface area contributed by atoms with Gasteiger partial charge < -0.3 is 4.90 Å². The van der Waals surface area contributed by atoms with Crippen LogP contribution >= 0.6 is 0 Å². The molecule has 0 aromatic heterocycles. The highest BCUT2D eigenvalue weighted by Crippen LogP contribution is 2.52. The molecule has 19 heavy (non-hydrogen) atoms. The molecule has 0 radical (unpaired) electrons. The Hall–Kier alpha value is -0.900. The van der Waals surface area contributed by atoms with Crippen molar-refractivity contribution in [3.63, 3.8) is 0 Å². The molecule has 2 fully saturated rings. The molecule has 2 heterocycles. The van der Waals surface area contributed by atoms with Gasteiger partial charge in [0.1, 0.15) is 0 Å². The molecule has 3 atom stereocenters. The Labute approximate surface area is 115 Å². The van der Waals surface area contributed by atoms with Gasteiger partial charge in [0.15, 0.2) is 0 Å². The number of carbonyl (C=O) groups is 1. The number of amides is 1. The monoisotopic (exact) mass is 263 g/mol. The third kappa shape index (κ3) is 1.92. The first-order chi connectivity index (χ1) is 9.06. The van der Waals surface area contributed by atoms with Gasteiger partial charge in [-0.15, -0.1) is 0 Å². The summed E-state index contributed by atoms with van der Waals surface area (Å²) in [6.45, 7) is 9.56. The molecule has 1 spiro atoms. The minimum Gasteiger partial charge on any atom is -0.303 e. The summed E-state index contributed by atoms with van der Waals surface area (Å²) in [4.78, 5) is 14.5. The molecule has 1 amide bonds. The van der Waals surface area contributed by atoms with Crippen LogP contribution in [0.3, 0.4) is 0 Å². The Morgan fingerprint density at radius 1 is 1.47 bits per heavy atom. The van der Waals surface area contributed by atoms with Crippen molar-refractivity contribution in [1.82, 2.24) is 9.91 Å². The first-order valence-corrected chi connectivity index (χ1v) is 7.64. The van der Waals surface area contributed by atoms with Crippen LogP contribution in [0.1, 0.15) is 46.5 Å². The number of hydrogen-bond acceptors (Lipinski definition) is 3. The largest absolute Gasteiger partial charge is 0.303 e. The Bertz CT molecular complexity index is 420. The fourth-order valence-corrected chi connectivity index (χ4v) is 4.67. The average molecular weight is 263 g/mol. The molecule has 4 heteroatoms. The zero-order chi connectivity index (χ0) is 13.6. The molecule has 4 nitrogen and oxygen atoms in total. The molecule has 0 bridgehead atoms. The summed E-state index contributed by atoms with van der Waals surface area (Å²) in [5.41, 5.74) is 1.15. The maximum absolute atomic E-state index is 12.0. The standard InChI is InChI=1S/C15H25N3O/c1-4-7-17-9-13-5-6-15(14(13)10-17)8-11(2)16-18(15)12(3)19/h13-14H,4-10H2,1-3H3/t13-,14+,15-/m0/s1. The molecule has 106 valence electrons. The molecule has 3 aliphatic rings. The number of fused-ring (bicyclic) bond motifs is 2. The second-order valence-electron chi connectivity index (χ2n) is 6.61. The number of carbonyl (C=O) groups excluding carboxylic acids is 1. The summed E-state index contributed by atoms with van der Waals surface area (Å²) >= 11 is 0. The van der Waals surface area contributed by atoms with Gasteiger partial charge in [-0.1, -0.05) is 6.92 Å². The van der Waals surface area contributed by atoms with Crippen molar-refractivity contribution in [1.29, 1.82) is 0 Å². The Morgan fingerprint density at radius 3 is 2.95 bits per heavy atom. The van der Waals surface area contributed by atoms with Crippen LogP contribution in [-0.4, -0.2) is 46.7 Å². The predicted molar refractivity (Wildman–Crippen MR) is 75.9 cm³/mol. The van der Waals surface area contributed by atoms with Gasteiger partial charge >= 0.3 is 0 Å². The highest BCUT2D eigenvalue weighted by molar-refractivity contribution is 5.88. The minimum absolute atomic E-state index is 0.0169. The molecule has 1 aliphatic carbocycles. The van der Waals surface area contributed by atoms with E-state index in [4.69, 9.17) is 0 Å². The second-order valence-corrected chi connectivity index (χ2v) is 6.61. The van der Waals surface area contributed by atoms with Crippen LogP contribution < -0.4 is 0 Å². The van der Waals surface area contributed by atoms with Gasteiger partial charge in [0.2, 0.25) is 5.91 Å². The molecule has 0 aromatic carbocycles. The number of rotatable bonds is 2.